The van der Waals surface area contributed by atoms with E-state index in [1.165, 1.54) is 0 Å². The third-order valence-corrected chi connectivity index (χ3v) is 4.75. The van der Waals surface area contributed by atoms with Gasteiger partial charge in [0.15, 0.2) is 11.5 Å². The molecular weight excluding hydrogens is 318 g/mol. The predicted molar refractivity (Wildman–Crippen MR) is 95.3 cm³/mol. The summed E-state index contributed by atoms with van der Waals surface area (Å²) in [5.74, 6) is 3.97. The Morgan fingerprint density at radius 1 is 1.08 bits per heavy atom. The summed E-state index contributed by atoms with van der Waals surface area (Å²) in [5.41, 5.74) is 0.858. The van der Waals surface area contributed by atoms with Crippen molar-refractivity contribution in [2.24, 2.45) is 5.92 Å². The fourth-order valence-electron chi connectivity index (χ4n) is 3.35. The number of rotatable bonds is 5. The fraction of sp³-hybridized carbons (Fsp3) is 0.389. The van der Waals surface area contributed by atoms with Crippen LogP contribution >= 0.6 is 0 Å². The van der Waals surface area contributed by atoms with E-state index in [0.29, 0.717) is 17.4 Å². The average molecular weight is 339 g/mol. The van der Waals surface area contributed by atoms with Crippen LogP contribution in [0.3, 0.4) is 0 Å². The number of anilines is 1. The van der Waals surface area contributed by atoms with Crippen molar-refractivity contribution in [3.05, 3.63) is 36.7 Å². The number of hydrogen-bond acceptors (Lipinski definition) is 6. The lowest BCUT2D eigenvalue weighted by atomic mass is 9.99. The van der Waals surface area contributed by atoms with E-state index in [9.17, 15) is 0 Å². The van der Waals surface area contributed by atoms with Crippen LogP contribution in [-0.4, -0.2) is 46.8 Å². The summed E-state index contributed by atoms with van der Waals surface area (Å²) < 4.78 is 13.0. The molecule has 2 aromatic heterocycles. The van der Waals surface area contributed by atoms with Crippen LogP contribution in [0.2, 0.25) is 0 Å². The van der Waals surface area contributed by atoms with Crippen molar-refractivity contribution in [2.45, 2.75) is 13.5 Å². The molecule has 0 atom stereocenters. The Kier molecular flexibility index (Phi) is 3.91. The monoisotopic (exact) mass is 339 g/mol. The molecule has 1 saturated heterocycles. The fourth-order valence-corrected chi connectivity index (χ4v) is 3.35. The molecule has 7 nitrogen and oxygen atoms in total. The minimum Gasteiger partial charge on any atom is -0.493 e. The Hall–Kier alpha value is -2.83. The van der Waals surface area contributed by atoms with Crippen molar-refractivity contribution in [1.82, 2.24) is 19.5 Å². The van der Waals surface area contributed by atoms with Crippen LogP contribution in [0.5, 0.6) is 11.5 Å². The van der Waals surface area contributed by atoms with Crippen molar-refractivity contribution >= 4 is 16.7 Å². The summed E-state index contributed by atoms with van der Waals surface area (Å²) >= 11 is 0. The number of imidazole rings is 1. The topological polar surface area (TPSA) is 65.3 Å². The second-order valence-corrected chi connectivity index (χ2v) is 6.32. The molecule has 3 aromatic rings. The molecule has 0 spiro atoms. The molecule has 0 radical (unpaired) electrons. The summed E-state index contributed by atoms with van der Waals surface area (Å²) in [6.45, 7) is 4.96. The molecule has 25 heavy (non-hydrogen) atoms. The van der Waals surface area contributed by atoms with E-state index in [1.54, 1.807) is 20.5 Å². The Morgan fingerprint density at radius 3 is 2.52 bits per heavy atom. The number of ether oxygens (including phenoxy) is 2. The van der Waals surface area contributed by atoms with Gasteiger partial charge in [0.2, 0.25) is 0 Å². The van der Waals surface area contributed by atoms with Crippen LogP contribution in [-0.2, 0) is 6.54 Å². The minimum atomic E-state index is 0.595. The highest BCUT2D eigenvalue weighted by Crippen LogP contribution is 2.36. The standard InChI is InChI=1S/C18H21N5O2/c1-12-19-4-5-22(12)8-13-9-23(10-13)18-14-6-16(24-2)17(25-3)7-15(14)20-11-21-18/h4-7,11,13H,8-10H2,1-3H3. The number of nitrogens with zero attached hydrogens (tertiary/aromatic N) is 5. The normalized spacial score (nSPS) is 14.6. The maximum atomic E-state index is 5.43. The van der Waals surface area contributed by atoms with Crippen LogP contribution in [0.4, 0.5) is 5.82 Å². The highest BCUT2D eigenvalue weighted by Gasteiger charge is 2.29. The molecule has 0 N–H and O–H groups in total. The predicted octanol–water partition coefficient (Wildman–Crippen LogP) is 2.29. The van der Waals surface area contributed by atoms with Crippen LogP contribution in [0, 0.1) is 12.8 Å². The third-order valence-electron chi connectivity index (χ3n) is 4.75. The van der Waals surface area contributed by atoms with E-state index in [2.05, 4.69) is 24.4 Å². The molecule has 0 unspecified atom stereocenters. The number of hydrogen-bond donors (Lipinski definition) is 0. The van der Waals surface area contributed by atoms with Gasteiger partial charge in [0.1, 0.15) is 18.0 Å². The molecule has 1 aliphatic rings. The first-order valence-electron chi connectivity index (χ1n) is 8.29. The second kappa shape index (κ2) is 6.23. The molecule has 4 rings (SSSR count). The third kappa shape index (κ3) is 2.75. The van der Waals surface area contributed by atoms with Crippen molar-refractivity contribution in [3.8, 4) is 11.5 Å². The van der Waals surface area contributed by atoms with Crippen molar-refractivity contribution < 1.29 is 9.47 Å². The van der Waals surface area contributed by atoms with Crippen LogP contribution in [0.1, 0.15) is 5.82 Å². The molecule has 0 aliphatic carbocycles. The molecule has 7 heteroatoms. The molecule has 3 heterocycles. The Bertz CT molecular complexity index is 902. The van der Waals surface area contributed by atoms with E-state index in [1.807, 2.05) is 31.5 Å². The molecule has 1 aliphatic heterocycles. The molecule has 0 amide bonds. The summed E-state index contributed by atoms with van der Waals surface area (Å²) in [5, 5.41) is 0.984. The van der Waals surface area contributed by atoms with Gasteiger partial charge in [-0.05, 0) is 13.0 Å². The SMILES string of the molecule is COc1cc2ncnc(N3CC(Cn4ccnc4C)C3)c2cc1OC. The number of methoxy groups -OCH3 is 2. The van der Waals surface area contributed by atoms with E-state index in [0.717, 1.165) is 42.2 Å². The number of aryl methyl sites for hydroxylation is 1. The number of fused-ring (bicyclic) bond motifs is 1. The minimum absolute atomic E-state index is 0.595. The van der Waals surface area contributed by atoms with Crippen LogP contribution in [0.25, 0.3) is 10.9 Å². The zero-order valence-corrected chi connectivity index (χ0v) is 14.6. The molecule has 1 aromatic carbocycles. The Labute approximate surface area is 146 Å². The summed E-state index contributed by atoms with van der Waals surface area (Å²) in [4.78, 5) is 15.4. The van der Waals surface area contributed by atoms with Crippen LogP contribution in [0.15, 0.2) is 30.9 Å². The van der Waals surface area contributed by atoms with Gasteiger partial charge in [-0.25, -0.2) is 15.0 Å². The van der Waals surface area contributed by atoms with Crippen molar-refractivity contribution in [2.75, 3.05) is 32.2 Å². The van der Waals surface area contributed by atoms with Crippen molar-refractivity contribution in [1.29, 1.82) is 0 Å². The maximum Gasteiger partial charge on any atom is 0.162 e. The molecular formula is C18H21N5O2. The first kappa shape index (κ1) is 15.7. The Balaban J connectivity index is 1.57. The summed E-state index contributed by atoms with van der Waals surface area (Å²) in [7, 11) is 3.27. The highest BCUT2D eigenvalue weighted by molar-refractivity contribution is 5.92. The molecule has 0 bridgehead atoms. The molecule has 1 fully saturated rings. The van der Waals surface area contributed by atoms with Gasteiger partial charge >= 0.3 is 0 Å². The first-order valence-corrected chi connectivity index (χ1v) is 8.29. The lowest BCUT2D eigenvalue weighted by Crippen LogP contribution is -2.49. The molecule has 0 saturated carbocycles. The van der Waals surface area contributed by atoms with Gasteiger partial charge in [0, 0.05) is 49.4 Å². The first-order chi connectivity index (χ1) is 12.2. The van der Waals surface area contributed by atoms with Gasteiger partial charge in [0.05, 0.1) is 19.7 Å². The van der Waals surface area contributed by atoms with Gasteiger partial charge in [-0.2, -0.15) is 0 Å². The lowest BCUT2D eigenvalue weighted by molar-refractivity contribution is 0.352. The van der Waals surface area contributed by atoms with Gasteiger partial charge < -0.3 is 18.9 Å². The van der Waals surface area contributed by atoms with Gasteiger partial charge in [-0.1, -0.05) is 0 Å². The number of aromatic nitrogens is 4. The zero-order valence-electron chi connectivity index (χ0n) is 14.6. The smallest absolute Gasteiger partial charge is 0.162 e. The molecule has 130 valence electrons. The number of benzene rings is 1. The van der Waals surface area contributed by atoms with Crippen molar-refractivity contribution in [3.63, 3.8) is 0 Å². The van der Waals surface area contributed by atoms with Gasteiger partial charge in [-0.15, -0.1) is 0 Å². The Morgan fingerprint density at radius 2 is 1.84 bits per heavy atom. The van der Waals surface area contributed by atoms with Gasteiger partial charge in [0.25, 0.3) is 0 Å². The van der Waals surface area contributed by atoms with E-state index < -0.39 is 0 Å². The lowest BCUT2D eigenvalue weighted by Gasteiger charge is -2.40. The zero-order chi connectivity index (χ0) is 17.4. The average Bonchev–Trinajstić information content (AvgIpc) is 3.01. The van der Waals surface area contributed by atoms with E-state index in [-0.39, 0.29) is 0 Å². The highest BCUT2D eigenvalue weighted by atomic mass is 16.5. The summed E-state index contributed by atoms with van der Waals surface area (Å²) in [6, 6.07) is 3.85. The maximum absolute atomic E-state index is 5.43. The van der Waals surface area contributed by atoms with Gasteiger partial charge in [-0.3, -0.25) is 0 Å². The largest absolute Gasteiger partial charge is 0.493 e. The summed E-state index contributed by atoms with van der Waals surface area (Å²) in [6.07, 6.45) is 5.50. The van der Waals surface area contributed by atoms with Crippen LogP contribution < -0.4 is 14.4 Å². The van der Waals surface area contributed by atoms with E-state index in [4.69, 9.17) is 9.47 Å². The van der Waals surface area contributed by atoms with E-state index >= 15 is 0 Å². The second-order valence-electron chi connectivity index (χ2n) is 6.32. The quantitative estimate of drug-likeness (QED) is 0.711.